The quantitative estimate of drug-likeness (QED) is 0.0380. The van der Waals surface area contributed by atoms with Crippen molar-refractivity contribution in [3.05, 3.63) is 59.7 Å². The van der Waals surface area contributed by atoms with Crippen molar-refractivity contribution in [3.8, 4) is 11.5 Å². The van der Waals surface area contributed by atoms with Gasteiger partial charge in [0.1, 0.15) is 30.2 Å². The summed E-state index contributed by atoms with van der Waals surface area (Å²) in [6, 6.07) is 3.67. The van der Waals surface area contributed by atoms with E-state index < -0.39 is 152 Å². The maximum atomic E-state index is 14.9. The smallest absolute Gasteiger partial charge is 0.261 e. The lowest BCUT2D eigenvalue weighted by molar-refractivity contribution is -0.433. The summed E-state index contributed by atoms with van der Waals surface area (Å²) in [5, 5.41) is 103. The Hall–Kier alpha value is -5.27. The molecule has 27 heteroatoms. The van der Waals surface area contributed by atoms with Gasteiger partial charge in [0.15, 0.2) is 17.8 Å². The first kappa shape index (κ1) is 57.0. The van der Waals surface area contributed by atoms with E-state index in [1.807, 2.05) is 30.3 Å². The average Bonchev–Trinajstić information content (AvgIpc) is 3.91. The summed E-state index contributed by atoms with van der Waals surface area (Å²) in [5.74, 6) is -8.63. The molecule has 4 aliphatic rings. The van der Waals surface area contributed by atoms with Crippen LogP contribution >= 0.6 is 12.3 Å². The van der Waals surface area contributed by atoms with Gasteiger partial charge in [-0.05, 0) is 44.0 Å². The van der Waals surface area contributed by atoms with Crippen molar-refractivity contribution in [3.63, 3.8) is 0 Å². The summed E-state index contributed by atoms with van der Waals surface area (Å²) in [5.41, 5.74) is 0.972. The number of fused-ring (bicyclic) bond motifs is 2. The van der Waals surface area contributed by atoms with Gasteiger partial charge >= 0.3 is 0 Å². The number of aliphatic hydroxyl groups is 6. The molecule has 13 atom stereocenters. The van der Waals surface area contributed by atoms with Crippen molar-refractivity contribution in [1.29, 1.82) is 0 Å². The van der Waals surface area contributed by atoms with E-state index in [0.29, 0.717) is 0 Å². The van der Waals surface area contributed by atoms with Crippen molar-refractivity contribution in [1.82, 2.24) is 36.4 Å². The Labute approximate surface area is 423 Å². The van der Waals surface area contributed by atoms with E-state index >= 15 is 0 Å². The Morgan fingerprint density at radius 1 is 0.795 bits per heavy atom. The molecule has 13 N–H and O–H groups in total. The summed E-state index contributed by atoms with van der Waals surface area (Å²) >= 11 is 0.0999. The molecule has 0 aliphatic carbocycles. The van der Waals surface area contributed by atoms with E-state index in [-0.39, 0.29) is 68.8 Å². The molecule has 4 heterocycles. The zero-order chi connectivity index (χ0) is 53.1. The fourth-order valence-corrected chi connectivity index (χ4v) is 9.43. The van der Waals surface area contributed by atoms with Gasteiger partial charge < -0.3 is 85.8 Å². The molecule has 6 amide bonds. The van der Waals surface area contributed by atoms with Crippen molar-refractivity contribution in [2.75, 3.05) is 39.4 Å². The van der Waals surface area contributed by atoms with Gasteiger partial charge in [-0.2, -0.15) is 0 Å². The number of amides is 6. The van der Waals surface area contributed by atoms with Gasteiger partial charge in [-0.25, -0.2) is 5.26 Å². The first-order valence-corrected chi connectivity index (χ1v) is 24.5. The predicted octanol–water partition coefficient (Wildman–Crippen LogP) is -3.36. The van der Waals surface area contributed by atoms with Crippen molar-refractivity contribution in [2.45, 2.75) is 126 Å². The maximum Gasteiger partial charge on any atom is 0.261 e. The number of hydrogen-bond acceptors (Lipinski definition) is 21. The third kappa shape index (κ3) is 14.7. The summed E-state index contributed by atoms with van der Waals surface area (Å²) < 4.78 is 21.1. The third-order valence-electron chi connectivity index (χ3n) is 13.2. The molecule has 0 unspecified atom stereocenters. The van der Waals surface area contributed by atoms with Gasteiger partial charge in [-0.1, -0.05) is 59.6 Å². The zero-order valence-electron chi connectivity index (χ0n) is 40.2. The highest BCUT2D eigenvalue weighted by Crippen LogP contribution is 2.31. The zero-order valence-corrected chi connectivity index (χ0v) is 41.0. The molecule has 2 aromatic rings. The van der Waals surface area contributed by atoms with E-state index in [0.717, 1.165) is 21.4 Å². The van der Waals surface area contributed by atoms with Crippen LogP contribution in [0.5, 0.6) is 11.5 Å². The monoisotopic (exact) mass is 1050 g/mol. The number of aromatic hydroxyl groups is 1. The Balaban J connectivity index is 1.34. The molecule has 2 aromatic carbocycles. The summed E-state index contributed by atoms with van der Waals surface area (Å²) in [6.45, 7) is 3.40. The minimum atomic E-state index is -2.05. The van der Waals surface area contributed by atoms with Crippen molar-refractivity contribution in [2.24, 2.45) is 11.8 Å². The first-order valence-electron chi connectivity index (χ1n) is 23.8. The minimum Gasteiger partial charge on any atom is -0.504 e. The van der Waals surface area contributed by atoms with Crippen LogP contribution < -0.4 is 30.8 Å². The molecule has 4 saturated heterocycles. The third-order valence-corrected chi connectivity index (χ3v) is 13.5. The van der Waals surface area contributed by atoms with Crippen LogP contribution in [0.15, 0.2) is 48.5 Å². The van der Waals surface area contributed by atoms with Gasteiger partial charge in [0, 0.05) is 49.9 Å². The van der Waals surface area contributed by atoms with Crippen LogP contribution in [0.1, 0.15) is 57.5 Å². The summed E-state index contributed by atoms with van der Waals surface area (Å²) in [7, 11) is 0. The van der Waals surface area contributed by atoms with Crippen molar-refractivity contribution < 1.29 is 92.8 Å². The summed E-state index contributed by atoms with van der Waals surface area (Å²) in [6.07, 6.45) is -11.5. The molecular weight excluding hydrogens is 987 g/mol. The second-order valence-corrected chi connectivity index (χ2v) is 19.3. The molecule has 4 fully saturated rings. The molecule has 0 aromatic heterocycles. The van der Waals surface area contributed by atoms with Crippen molar-refractivity contribution >= 4 is 47.8 Å². The maximum absolute atomic E-state index is 14.9. The van der Waals surface area contributed by atoms with Gasteiger partial charge in [0.2, 0.25) is 35.4 Å². The highest BCUT2D eigenvalue weighted by atomic mass is 32.2. The first-order chi connectivity index (χ1) is 34.8. The number of ether oxygens (including phenoxy) is 2. The highest BCUT2D eigenvalue weighted by Gasteiger charge is 2.49. The van der Waals surface area contributed by atoms with Crippen LogP contribution in [0, 0.1) is 11.8 Å². The fraction of sp³-hybridized carbons (Fsp3) is 0.609. The largest absolute Gasteiger partial charge is 0.504 e. The number of phenolic OH excluding ortho intramolecular Hbond substituents is 1. The Morgan fingerprint density at radius 3 is 2.15 bits per heavy atom. The number of β-amino-alcohol motifs (C(OH)–C–C–N with tert-alkyl or cyclic N) is 1. The summed E-state index contributed by atoms with van der Waals surface area (Å²) in [4.78, 5) is 87.3. The molecule has 0 radical (unpaired) electrons. The van der Waals surface area contributed by atoms with E-state index in [2.05, 4.69) is 36.0 Å². The number of rotatable bonds is 14. The Morgan fingerprint density at radius 2 is 1.47 bits per heavy atom. The molecule has 26 nitrogen and oxygen atoms in total. The number of phenols is 1. The topological polar surface area (TPSA) is 377 Å². The molecule has 0 spiro atoms. The van der Waals surface area contributed by atoms with Gasteiger partial charge in [-0.3, -0.25) is 28.8 Å². The van der Waals surface area contributed by atoms with E-state index in [9.17, 15) is 64.5 Å². The lowest BCUT2D eigenvalue weighted by atomic mass is 9.98. The molecular formula is C46H65N7O19S. The number of benzene rings is 2. The second-order valence-electron chi connectivity index (χ2n) is 18.8. The van der Waals surface area contributed by atoms with E-state index in [1.165, 1.54) is 26.0 Å². The van der Waals surface area contributed by atoms with E-state index in [1.54, 1.807) is 6.92 Å². The van der Waals surface area contributed by atoms with Crippen LogP contribution in [-0.2, 0) is 54.0 Å². The van der Waals surface area contributed by atoms with Gasteiger partial charge in [0.25, 0.3) is 12.3 Å². The number of carbonyl (C=O) groups excluding carboxylic acids is 6. The van der Waals surface area contributed by atoms with Crippen LogP contribution in [-0.4, -0.2) is 199 Å². The fourth-order valence-electron chi connectivity index (χ4n) is 9.17. The highest BCUT2D eigenvalue weighted by molar-refractivity contribution is 7.90. The Kier molecular flexibility index (Phi) is 20.5. The van der Waals surface area contributed by atoms with E-state index in [4.69, 9.17) is 18.9 Å². The van der Waals surface area contributed by atoms with Crippen LogP contribution in [0.25, 0.3) is 0 Å². The average molecular weight is 1050 g/mol. The molecule has 4 aliphatic heterocycles. The molecule has 0 bridgehead atoms. The number of aliphatic hydroxyl groups excluding tert-OH is 6. The van der Waals surface area contributed by atoms with Crippen LogP contribution in [0.3, 0.4) is 0 Å². The molecule has 73 heavy (non-hydrogen) atoms. The lowest BCUT2D eigenvalue weighted by Crippen LogP contribution is -2.64. The number of hydrogen-bond donors (Lipinski definition) is 13. The standard InChI is InChI=1S/C46H65N7O19S/c1-22-13-28(55)17-48-43(64)38-39(60)23(2)18-53(38)45(66)37(32(58)11-12-47-27-20-68-46(69-21-27)26-7-5-4-6-8-26)51-42(63)36(33(59)14-25-9-10-31(57)34(15-25)70-73-72-71-67)50-41(62)30-16-29(56)19-52(30)44(65)35(24(3)54)49-40(22)61/h4-10,15,22-24,27-30,32-33,35-39,46-47,54-60,67H,11-14,16-21H2,1-3H3,(H,48,64)(H,49,61)(H,50,62)(H,51,63)/t22-,23-,24+,27?,28+,29+,30-,32+,33+,35-,36-,37-,38-,39-,46?/m0/s1. The van der Waals surface area contributed by atoms with Gasteiger partial charge in [-0.15, -0.1) is 0 Å². The number of nitrogens with zero attached hydrogens (tertiary/aromatic N) is 2. The minimum absolute atomic E-state index is 0.00788. The normalized spacial score (nSPS) is 31.5. The molecule has 404 valence electrons. The number of nitrogens with one attached hydrogen (secondary N) is 5. The predicted molar refractivity (Wildman–Crippen MR) is 251 cm³/mol. The number of carbonyl (C=O) groups is 6. The lowest BCUT2D eigenvalue weighted by Gasteiger charge is -2.34. The second kappa shape index (κ2) is 26.3. The molecule has 0 saturated carbocycles. The van der Waals surface area contributed by atoms with Crippen LogP contribution in [0.2, 0.25) is 0 Å². The van der Waals surface area contributed by atoms with Crippen LogP contribution in [0.4, 0.5) is 0 Å². The van der Waals surface area contributed by atoms with Gasteiger partial charge in [0.05, 0.1) is 55.9 Å². The Bertz CT molecular complexity index is 2210. The molecule has 6 rings (SSSR count). The SMILES string of the molecule is C[C@H]1C[C@@H](O)CNC(=O)[C@@H]2[C@@H](O)[C@@H](C)CN2C(=O)[C@H]([C@H](O)CCNC2COC(c3ccccc3)OC2)NC(=O)[C@H]([C@H](O)Cc2ccc(O)c(OSOOO)c2)NC(=O)[C@@H]2C[C@@H](O)CN2C(=O)[C@H]([C@@H](C)O)NC1=O.